The number of fused-ring (bicyclic) bond motifs is 1. The summed E-state index contributed by atoms with van der Waals surface area (Å²) in [4.78, 5) is 0. The molecule has 3 aromatic rings. The third-order valence-electron chi connectivity index (χ3n) is 4.53. The van der Waals surface area contributed by atoms with Gasteiger partial charge in [0.15, 0.2) is 0 Å². The van der Waals surface area contributed by atoms with Crippen molar-refractivity contribution in [1.29, 1.82) is 0 Å². The average molecular weight is 294 g/mol. The van der Waals surface area contributed by atoms with Crippen LogP contribution in [-0.4, -0.2) is 0 Å². The third-order valence-corrected chi connectivity index (χ3v) is 4.53. The summed E-state index contributed by atoms with van der Waals surface area (Å²) in [5.41, 5.74) is 7.61. The second kappa shape index (κ2) is 5.73. The van der Waals surface area contributed by atoms with E-state index in [0.717, 1.165) is 5.57 Å². The topological polar surface area (TPSA) is 0 Å². The van der Waals surface area contributed by atoms with Crippen LogP contribution in [0, 0.1) is 0 Å². The van der Waals surface area contributed by atoms with Gasteiger partial charge in [-0.15, -0.1) is 0 Å². The molecule has 0 heterocycles. The summed E-state index contributed by atoms with van der Waals surface area (Å²) in [7, 11) is 0. The highest BCUT2D eigenvalue weighted by Crippen LogP contribution is 2.48. The molecule has 0 heteroatoms. The Morgan fingerprint density at radius 3 is 2.04 bits per heavy atom. The Kier molecular flexibility index (Phi) is 3.44. The Balaban J connectivity index is 1.84. The van der Waals surface area contributed by atoms with E-state index in [1.807, 2.05) is 6.07 Å². The molecule has 0 N–H and O–H groups in total. The van der Waals surface area contributed by atoms with E-state index in [1.165, 1.54) is 27.8 Å². The van der Waals surface area contributed by atoms with Gasteiger partial charge in [-0.25, -0.2) is 0 Å². The first-order chi connectivity index (χ1) is 11.3. The molecule has 0 radical (unpaired) electrons. The zero-order valence-corrected chi connectivity index (χ0v) is 12.9. The molecule has 0 saturated heterocycles. The van der Waals surface area contributed by atoms with Gasteiger partial charge in [0.05, 0.1) is 0 Å². The number of hydrogen-bond donors (Lipinski definition) is 0. The lowest BCUT2D eigenvalue weighted by Gasteiger charge is -2.20. The van der Waals surface area contributed by atoms with Gasteiger partial charge in [0.2, 0.25) is 0 Å². The van der Waals surface area contributed by atoms with Crippen LogP contribution in [0.2, 0.25) is 0 Å². The van der Waals surface area contributed by atoms with Crippen LogP contribution in [0.5, 0.6) is 0 Å². The van der Waals surface area contributed by atoms with Crippen molar-refractivity contribution in [3.8, 4) is 0 Å². The molecule has 3 aromatic carbocycles. The minimum Gasteiger partial charge on any atom is -0.0943 e. The molecule has 0 spiro atoms. The van der Waals surface area contributed by atoms with Crippen LogP contribution in [0.15, 0.2) is 91.5 Å². The van der Waals surface area contributed by atoms with Crippen LogP contribution in [0.25, 0.3) is 17.2 Å². The quantitative estimate of drug-likeness (QED) is 0.552. The summed E-state index contributed by atoms with van der Waals surface area (Å²) in [5.74, 6) is 0.219. The molecule has 0 fully saturated rings. The maximum Gasteiger partial charge on any atom is 0.0352 e. The minimum atomic E-state index is 0.219. The van der Waals surface area contributed by atoms with Crippen molar-refractivity contribution in [2.45, 2.75) is 5.92 Å². The molecule has 4 rings (SSSR count). The van der Waals surface area contributed by atoms with Crippen molar-refractivity contribution in [3.63, 3.8) is 0 Å². The van der Waals surface area contributed by atoms with Crippen molar-refractivity contribution >= 4 is 17.2 Å². The molecule has 1 aliphatic rings. The zero-order chi connectivity index (χ0) is 15.6. The molecule has 110 valence electrons. The normalized spacial score (nSPS) is 15.8. The van der Waals surface area contributed by atoms with Gasteiger partial charge in [0.25, 0.3) is 0 Å². The SMILES string of the molecule is C=C(c1ccccc1)C1C(c2ccccc2)=Cc2ccccc21. The Bertz CT molecular complexity index is 870. The highest BCUT2D eigenvalue weighted by molar-refractivity contribution is 5.99. The fourth-order valence-corrected chi connectivity index (χ4v) is 3.40. The molecule has 0 amide bonds. The van der Waals surface area contributed by atoms with Crippen LogP contribution in [0.3, 0.4) is 0 Å². The average Bonchev–Trinajstić information content (AvgIpc) is 3.02. The number of rotatable bonds is 3. The van der Waals surface area contributed by atoms with Gasteiger partial charge in [0.1, 0.15) is 0 Å². The van der Waals surface area contributed by atoms with Crippen molar-refractivity contribution in [1.82, 2.24) is 0 Å². The van der Waals surface area contributed by atoms with Crippen molar-refractivity contribution in [3.05, 3.63) is 114 Å². The largest absolute Gasteiger partial charge is 0.0943 e. The molecule has 0 bridgehead atoms. The van der Waals surface area contributed by atoms with E-state index in [0.29, 0.717) is 0 Å². The van der Waals surface area contributed by atoms with Gasteiger partial charge in [-0.05, 0) is 39.5 Å². The van der Waals surface area contributed by atoms with E-state index in [-0.39, 0.29) is 5.92 Å². The second-order valence-electron chi connectivity index (χ2n) is 5.92. The molecule has 0 aliphatic heterocycles. The van der Waals surface area contributed by atoms with Gasteiger partial charge in [-0.1, -0.05) is 91.5 Å². The maximum absolute atomic E-state index is 4.44. The van der Waals surface area contributed by atoms with Crippen molar-refractivity contribution in [2.75, 3.05) is 0 Å². The Morgan fingerprint density at radius 2 is 1.30 bits per heavy atom. The Morgan fingerprint density at radius 1 is 0.696 bits per heavy atom. The predicted octanol–water partition coefficient (Wildman–Crippen LogP) is 6.04. The van der Waals surface area contributed by atoms with Crippen LogP contribution in [0.1, 0.15) is 28.2 Å². The molecule has 1 unspecified atom stereocenters. The van der Waals surface area contributed by atoms with E-state index in [4.69, 9.17) is 0 Å². The van der Waals surface area contributed by atoms with Crippen LogP contribution in [-0.2, 0) is 0 Å². The standard InChI is InChI=1S/C23H18/c1-17(18-10-4-2-5-11-18)23-21-15-9-8-14-20(21)16-22(23)19-12-6-3-7-13-19/h2-16,23H,1H2. The summed E-state index contributed by atoms with van der Waals surface area (Å²) >= 11 is 0. The lowest BCUT2D eigenvalue weighted by molar-refractivity contribution is 1.15. The van der Waals surface area contributed by atoms with E-state index in [1.54, 1.807) is 0 Å². The van der Waals surface area contributed by atoms with Crippen LogP contribution in [0.4, 0.5) is 0 Å². The highest BCUT2D eigenvalue weighted by atomic mass is 14.3. The van der Waals surface area contributed by atoms with Gasteiger partial charge >= 0.3 is 0 Å². The monoisotopic (exact) mass is 294 g/mol. The lowest BCUT2D eigenvalue weighted by atomic mass is 9.83. The molecule has 1 atom stereocenters. The van der Waals surface area contributed by atoms with E-state index >= 15 is 0 Å². The van der Waals surface area contributed by atoms with Gasteiger partial charge in [-0.2, -0.15) is 0 Å². The number of allylic oxidation sites excluding steroid dienone is 2. The van der Waals surface area contributed by atoms with Gasteiger partial charge in [0, 0.05) is 5.92 Å². The first-order valence-corrected chi connectivity index (χ1v) is 7.95. The van der Waals surface area contributed by atoms with Crippen molar-refractivity contribution in [2.24, 2.45) is 0 Å². The molecule has 0 aromatic heterocycles. The second-order valence-corrected chi connectivity index (χ2v) is 5.92. The molecular formula is C23H18. The van der Waals surface area contributed by atoms with Crippen LogP contribution < -0.4 is 0 Å². The summed E-state index contributed by atoms with van der Waals surface area (Å²) in [6.45, 7) is 4.44. The van der Waals surface area contributed by atoms with Gasteiger partial charge in [-0.3, -0.25) is 0 Å². The van der Waals surface area contributed by atoms with Crippen LogP contribution >= 0.6 is 0 Å². The lowest BCUT2D eigenvalue weighted by Crippen LogP contribution is -2.01. The number of benzene rings is 3. The highest BCUT2D eigenvalue weighted by Gasteiger charge is 2.28. The first kappa shape index (κ1) is 13.8. The fraction of sp³-hybridized carbons (Fsp3) is 0.0435. The first-order valence-electron chi connectivity index (χ1n) is 7.95. The maximum atomic E-state index is 4.44. The van der Waals surface area contributed by atoms with Gasteiger partial charge < -0.3 is 0 Å². The Labute approximate surface area is 137 Å². The molecule has 1 aliphatic carbocycles. The summed E-state index contributed by atoms with van der Waals surface area (Å²) in [6.07, 6.45) is 2.31. The fourth-order valence-electron chi connectivity index (χ4n) is 3.40. The summed E-state index contributed by atoms with van der Waals surface area (Å²) in [6, 6.07) is 29.8. The van der Waals surface area contributed by atoms with Crippen molar-refractivity contribution < 1.29 is 0 Å². The zero-order valence-electron chi connectivity index (χ0n) is 12.9. The predicted molar refractivity (Wildman–Crippen MR) is 99.0 cm³/mol. The summed E-state index contributed by atoms with van der Waals surface area (Å²) in [5, 5.41) is 0. The van der Waals surface area contributed by atoms with E-state index < -0.39 is 0 Å². The molecular weight excluding hydrogens is 276 g/mol. The van der Waals surface area contributed by atoms with E-state index in [9.17, 15) is 0 Å². The summed E-state index contributed by atoms with van der Waals surface area (Å²) < 4.78 is 0. The van der Waals surface area contributed by atoms with E-state index in [2.05, 4.69) is 91.5 Å². The minimum absolute atomic E-state index is 0.219. The molecule has 0 saturated carbocycles. The third kappa shape index (κ3) is 2.43. The molecule has 23 heavy (non-hydrogen) atoms. The Hall–Kier alpha value is -2.86. The smallest absolute Gasteiger partial charge is 0.0352 e. The molecule has 0 nitrogen and oxygen atoms in total. The number of hydrogen-bond acceptors (Lipinski definition) is 0.